The normalized spacial score (nSPS) is 24.6. The van der Waals surface area contributed by atoms with E-state index in [0.717, 1.165) is 36.0 Å². The van der Waals surface area contributed by atoms with E-state index in [1.807, 2.05) is 25.2 Å². The molecule has 0 aromatic carbocycles. The van der Waals surface area contributed by atoms with Gasteiger partial charge in [-0.25, -0.2) is 4.98 Å². The standard InChI is InChI=1S/C25H31N9O3S/c1-32(20-9-18-4-2-5-19(10-20)34(18)38(36,37)33-13-16(12-26)14-33)24-11-22-21(6-3-7-27-22)25(29-24)28-23-8-17(15-35)30-31-23/h3,6-8,11,16,18-20,35H,2,4-5,9-10,13-15H2,1H3,(H2,28,29,30,31). The van der Waals surface area contributed by atoms with Gasteiger partial charge in [-0.2, -0.15) is 27.4 Å². The van der Waals surface area contributed by atoms with Gasteiger partial charge in [-0.3, -0.25) is 10.1 Å². The van der Waals surface area contributed by atoms with Crippen molar-refractivity contribution < 1.29 is 13.5 Å². The van der Waals surface area contributed by atoms with Crippen molar-refractivity contribution in [3.05, 3.63) is 36.2 Å². The quantitative estimate of drug-likeness (QED) is 0.411. The Morgan fingerprint density at radius 1 is 1.26 bits per heavy atom. The zero-order valence-corrected chi connectivity index (χ0v) is 22.0. The third kappa shape index (κ3) is 4.37. The van der Waals surface area contributed by atoms with Crippen molar-refractivity contribution in [3.8, 4) is 6.07 Å². The van der Waals surface area contributed by atoms with Crippen molar-refractivity contribution in [3.63, 3.8) is 0 Å². The summed E-state index contributed by atoms with van der Waals surface area (Å²) in [5.74, 6) is 1.69. The SMILES string of the molecule is CN(c1cc2ncccc2c(Nc2cc(CO)[nH]n2)n1)C1CC2CCCC(C1)N2S(=O)(=O)N1CC(C#N)C1. The molecule has 6 heterocycles. The van der Waals surface area contributed by atoms with Crippen LogP contribution in [0.1, 0.15) is 37.8 Å². The molecule has 3 aliphatic heterocycles. The van der Waals surface area contributed by atoms with E-state index < -0.39 is 10.2 Å². The summed E-state index contributed by atoms with van der Waals surface area (Å²) in [6.45, 7) is 0.440. The lowest BCUT2D eigenvalue weighted by molar-refractivity contribution is 0.0932. The summed E-state index contributed by atoms with van der Waals surface area (Å²) in [5, 5.41) is 29.6. The average molecular weight is 538 g/mol. The van der Waals surface area contributed by atoms with Crippen LogP contribution in [0.4, 0.5) is 17.5 Å². The molecule has 3 N–H and O–H groups in total. The van der Waals surface area contributed by atoms with E-state index in [2.05, 4.69) is 31.5 Å². The van der Waals surface area contributed by atoms with Crippen molar-refractivity contribution in [1.29, 1.82) is 5.26 Å². The van der Waals surface area contributed by atoms with Crippen LogP contribution in [0.3, 0.4) is 0 Å². The molecule has 2 bridgehead atoms. The Hall–Kier alpha value is -3.31. The molecule has 0 radical (unpaired) electrons. The fraction of sp³-hybridized carbons (Fsp3) is 0.520. The first-order valence-corrected chi connectivity index (χ1v) is 14.4. The second-order valence-corrected chi connectivity index (χ2v) is 12.2. The second-order valence-electron chi connectivity index (χ2n) is 10.4. The summed E-state index contributed by atoms with van der Waals surface area (Å²) in [6, 6.07) is 9.64. The van der Waals surface area contributed by atoms with Crippen LogP contribution in [0.5, 0.6) is 0 Å². The number of nitrogens with zero attached hydrogens (tertiary/aromatic N) is 7. The molecule has 200 valence electrons. The minimum atomic E-state index is -3.58. The molecule has 6 rings (SSSR count). The van der Waals surface area contributed by atoms with Crippen LogP contribution < -0.4 is 10.2 Å². The van der Waals surface area contributed by atoms with Crippen molar-refractivity contribution >= 4 is 38.6 Å². The zero-order valence-electron chi connectivity index (χ0n) is 21.2. The summed E-state index contributed by atoms with van der Waals surface area (Å²) >= 11 is 0. The third-order valence-corrected chi connectivity index (χ3v) is 10.1. The van der Waals surface area contributed by atoms with Crippen LogP contribution in [-0.2, 0) is 16.8 Å². The first-order chi connectivity index (χ1) is 18.4. The fourth-order valence-electron chi connectivity index (χ4n) is 6.00. The Morgan fingerprint density at radius 2 is 2.03 bits per heavy atom. The van der Waals surface area contributed by atoms with E-state index in [9.17, 15) is 13.5 Å². The van der Waals surface area contributed by atoms with Crippen LogP contribution in [0, 0.1) is 17.2 Å². The lowest BCUT2D eigenvalue weighted by Gasteiger charge is -2.52. The molecule has 3 aromatic rings. The first kappa shape index (κ1) is 25.0. The van der Waals surface area contributed by atoms with Gasteiger partial charge >= 0.3 is 0 Å². The molecule has 3 fully saturated rings. The van der Waals surface area contributed by atoms with Gasteiger partial charge in [0.25, 0.3) is 10.2 Å². The minimum absolute atomic E-state index is 0.0711. The maximum atomic E-state index is 13.5. The Kier molecular flexibility index (Phi) is 6.43. The van der Waals surface area contributed by atoms with E-state index in [-0.39, 0.29) is 43.7 Å². The molecule has 2 atom stereocenters. The van der Waals surface area contributed by atoms with Gasteiger partial charge < -0.3 is 15.3 Å². The fourth-order valence-corrected chi connectivity index (χ4v) is 8.14. The highest BCUT2D eigenvalue weighted by molar-refractivity contribution is 7.86. The van der Waals surface area contributed by atoms with E-state index in [0.29, 0.717) is 30.2 Å². The van der Waals surface area contributed by atoms with Crippen LogP contribution in [0.2, 0.25) is 0 Å². The average Bonchev–Trinajstić information content (AvgIpc) is 3.34. The predicted octanol–water partition coefficient (Wildman–Crippen LogP) is 2.11. The number of rotatable bonds is 7. The molecule has 0 amide bonds. The number of piperidine rings is 2. The van der Waals surface area contributed by atoms with Gasteiger partial charge in [0.2, 0.25) is 0 Å². The number of hydrogen-bond acceptors (Lipinski definition) is 9. The second kappa shape index (κ2) is 9.77. The monoisotopic (exact) mass is 537 g/mol. The summed E-state index contributed by atoms with van der Waals surface area (Å²) < 4.78 is 30.1. The number of anilines is 3. The van der Waals surface area contributed by atoms with Crippen molar-refractivity contribution in [2.24, 2.45) is 5.92 Å². The zero-order chi connectivity index (χ0) is 26.4. The van der Waals surface area contributed by atoms with Gasteiger partial charge in [0.1, 0.15) is 11.6 Å². The number of nitriles is 1. The molecular weight excluding hydrogens is 506 g/mol. The summed E-state index contributed by atoms with van der Waals surface area (Å²) in [7, 11) is -1.57. The van der Waals surface area contributed by atoms with Gasteiger partial charge in [-0.15, -0.1) is 0 Å². The van der Waals surface area contributed by atoms with Crippen LogP contribution >= 0.6 is 0 Å². The molecule has 3 aliphatic rings. The molecule has 0 spiro atoms. The molecule has 13 heteroatoms. The lowest BCUT2D eigenvalue weighted by atomic mass is 9.83. The number of pyridine rings is 2. The van der Waals surface area contributed by atoms with E-state index in [1.54, 1.807) is 16.6 Å². The minimum Gasteiger partial charge on any atom is -0.390 e. The predicted molar refractivity (Wildman–Crippen MR) is 142 cm³/mol. The van der Waals surface area contributed by atoms with Gasteiger partial charge in [0.05, 0.1) is 29.8 Å². The third-order valence-electron chi connectivity index (χ3n) is 8.05. The molecule has 0 saturated carbocycles. The van der Waals surface area contributed by atoms with Gasteiger partial charge in [-0.05, 0) is 37.8 Å². The number of fused-ring (bicyclic) bond motifs is 3. The van der Waals surface area contributed by atoms with Crippen molar-refractivity contribution in [2.45, 2.75) is 56.8 Å². The first-order valence-electron chi connectivity index (χ1n) is 13.0. The van der Waals surface area contributed by atoms with Gasteiger partial charge in [-0.1, -0.05) is 6.42 Å². The van der Waals surface area contributed by atoms with Gasteiger partial charge in [0.15, 0.2) is 5.82 Å². The lowest BCUT2D eigenvalue weighted by Crippen LogP contribution is -2.64. The molecule has 3 aromatic heterocycles. The molecular formula is C25H31N9O3S. The van der Waals surface area contributed by atoms with Crippen LogP contribution in [-0.4, -0.2) is 80.6 Å². The Bertz CT molecular complexity index is 1470. The highest BCUT2D eigenvalue weighted by atomic mass is 32.2. The van der Waals surface area contributed by atoms with E-state index >= 15 is 0 Å². The van der Waals surface area contributed by atoms with E-state index in [4.69, 9.17) is 10.2 Å². The number of aliphatic hydroxyl groups excluding tert-OH is 1. The number of aliphatic hydroxyl groups is 1. The molecule has 2 unspecified atom stereocenters. The number of aromatic nitrogens is 4. The van der Waals surface area contributed by atoms with Crippen LogP contribution in [0.15, 0.2) is 30.5 Å². The number of aromatic amines is 1. The smallest absolute Gasteiger partial charge is 0.282 e. The van der Waals surface area contributed by atoms with Crippen LogP contribution in [0.25, 0.3) is 10.9 Å². The maximum absolute atomic E-state index is 13.5. The topological polar surface area (TPSA) is 154 Å². The Morgan fingerprint density at radius 3 is 2.71 bits per heavy atom. The highest BCUT2D eigenvalue weighted by Crippen LogP contribution is 2.41. The molecule has 12 nitrogen and oxygen atoms in total. The Labute approximate surface area is 221 Å². The highest BCUT2D eigenvalue weighted by Gasteiger charge is 2.49. The van der Waals surface area contributed by atoms with Crippen molar-refractivity contribution in [1.82, 2.24) is 28.8 Å². The number of nitrogens with one attached hydrogen (secondary N) is 2. The number of hydrogen-bond donors (Lipinski definition) is 3. The summed E-state index contributed by atoms with van der Waals surface area (Å²) in [5.41, 5.74) is 1.38. The number of H-pyrrole nitrogens is 1. The largest absolute Gasteiger partial charge is 0.390 e. The molecule has 3 saturated heterocycles. The van der Waals surface area contributed by atoms with E-state index in [1.165, 1.54) is 4.31 Å². The summed E-state index contributed by atoms with van der Waals surface area (Å²) in [6.07, 6.45) is 5.86. The maximum Gasteiger partial charge on any atom is 0.282 e. The Balaban J connectivity index is 1.26. The molecule has 0 aliphatic carbocycles. The summed E-state index contributed by atoms with van der Waals surface area (Å²) in [4.78, 5) is 11.6. The molecule has 38 heavy (non-hydrogen) atoms. The van der Waals surface area contributed by atoms with Crippen molar-refractivity contribution in [2.75, 3.05) is 30.4 Å². The van der Waals surface area contributed by atoms with Gasteiger partial charge in [0, 0.05) is 62.0 Å².